The number of amides is 2. The van der Waals surface area contributed by atoms with Crippen molar-refractivity contribution in [1.29, 1.82) is 0 Å². The van der Waals surface area contributed by atoms with Gasteiger partial charge in [0, 0.05) is 22.8 Å². The summed E-state index contributed by atoms with van der Waals surface area (Å²) in [4.78, 5) is 23.0. The first-order valence-corrected chi connectivity index (χ1v) is 11.7. The Labute approximate surface area is 202 Å². The Morgan fingerprint density at radius 2 is 1.73 bits per heavy atom. The second-order valence-corrected chi connectivity index (χ2v) is 8.08. The molecule has 0 saturated heterocycles. The van der Waals surface area contributed by atoms with Crippen molar-refractivity contribution >= 4 is 45.0 Å². The molecule has 2 amide bonds. The summed E-state index contributed by atoms with van der Waals surface area (Å²) < 4.78 is 6.63. The van der Waals surface area contributed by atoms with Crippen LogP contribution < -0.4 is 20.7 Å². The Balaban J connectivity index is 1.49. The molecule has 9 heteroatoms. The Morgan fingerprint density at radius 1 is 1.00 bits per heavy atom. The number of hydrogen-bond acceptors (Lipinski definition) is 6. The maximum absolute atomic E-state index is 12.3. The molecule has 174 valence electrons. The number of ether oxygens (including phenoxy) is 1. The van der Waals surface area contributed by atoms with Gasteiger partial charge in [-0.3, -0.25) is 5.32 Å². The van der Waals surface area contributed by atoms with Crippen molar-refractivity contribution in [3.63, 3.8) is 0 Å². The minimum Gasteiger partial charge on any atom is -0.494 e. The monoisotopic (exact) mass is 512 g/mol. The summed E-state index contributed by atoms with van der Waals surface area (Å²) in [5, 5.41) is 8.69. The quantitative estimate of drug-likeness (QED) is 0.284. The van der Waals surface area contributed by atoms with Gasteiger partial charge in [-0.1, -0.05) is 26.0 Å². The first kappa shape index (κ1) is 24.5. The number of rotatable bonds is 11. The van der Waals surface area contributed by atoms with E-state index in [1.165, 1.54) is 6.33 Å². The maximum Gasteiger partial charge on any atom is 0.324 e. The van der Waals surface area contributed by atoms with Crippen LogP contribution >= 0.6 is 15.9 Å². The number of nitrogens with zero attached hydrogens (tertiary/aromatic N) is 3. The molecular weight excluding hydrogens is 484 g/mol. The number of aromatic nitrogens is 2. The minimum atomic E-state index is -0.394. The predicted octanol–water partition coefficient (Wildman–Crippen LogP) is 5.74. The molecule has 0 radical (unpaired) electrons. The van der Waals surface area contributed by atoms with Gasteiger partial charge >= 0.3 is 6.03 Å². The van der Waals surface area contributed by atoms with Crippen LogP contribution in [0, 0.1) is 0 Å². The Morgan fingerprint density at radius 3 is 2.45 bits per heavy atom. The highest BCUT2D eigenvalue weighted by molar-refractivity contribution is 9.10. The number of para-hydroxylation sites is 1. The Hall–Kier alpha value is -3.17. The summed E-state index contributed by atoms with van der Waals surface area (Å²) >= 11 is 3.40. The molecule has 33 heavy (non-hydrogen) atoms. The first-order valence-electron chi connectivity index (χ1n) is 10.9. The largest absolute Gasteiger partial charge is 0.494 e. The van der Waals surface area contributed by atoms with Crippen LogP contribution in [0.2, 0.25) is 0 Å². The van der Waals surface area contributed by atoms with Gasteiger partial charge in [-0.15, -0.1) is 0 Å². The maximum atomic E-state index is 12.3. The van der Waals surface area contributed by atoms with E-state index in [-0.39, 0.29) is 0 Å². The zero-order valence-corrected chi connectivity index (χ0v) is 20.4. The summed E-state index contributed by atoms with van der Waals surface area (Å²) in [6, 6.07) is 16.3. The van der Waals surface area contributed by atoms with E-state index in [0.29, 0.717) is 23.9 Å². The number of halogens is 1. The molecule has 0 spiro atoms. The highest BCUT2D eigenvalue weighted by Crippen LogP contribution is 2.22. The van der Waals surface area contributed by atoms with E-state index in [1.54, 1.807) is 12.1 Å². The molecule has 0 aliphatic rings. The van der Waals surface area contributed by atoms with Crippen LogP contribution in [0.4, 0.5) is 27.8 Å². The summed E-state index contributed by atoms with van der Waals surface area (Å²) in [6.45, 7) is 8.19. The van der Waals surface area contributed by atoms with Crippen molar-refractivity contribution in [2.45, 2.75) is 20.3 Å². The SMILES string of the molecule is CCN(CC)CCCOc1ccc(Nc2cc(NC(=O)Nc3ccccc3Br)ncn2)cc1. The van der Waals surface area contributed by atoms with Crippen LogP contribution in [-0.4, -0.2) is 47.1 Å². The van der Waals surface area contributed by atoms with Gasteiger partial charge in [0.2, 0.25) is 0 Å². The number of anilines is 4. The van der Waals surface area contributed by atoms with Crippen LogP contribution in [0.25, 0.3) is 0 Å². The van der Waals surface area contributed by atoms with Crippen molar-refractivity contribution < 1.29 is 9.53 Å². The van der Waals surface area contributed by atoms with E-state index in [2.05, 4.69) is 60.6 Å². The van der Waals surface area contributed by atoms with Crippen LogP contribution in [-0.2, 0) is 0 Å². The zero-order chi connectivity index (χ0) is 23.5. The minimum absolute atomic E-state index is 0.380. The number of benzene rings is 2. The fraction of sp³-hybridized carbons (Fsp3) is 0.292. The molecule has 0 bridgehead atoms. The van der Waals surface area contributed by atoms with Gasteiger partial charge in [0.25, 0.3) is 0 Å². The number of urea groups is 1. The molecule has 0 saturated carbocycles. The van der Waals surface area contributed by atoms with E-state index < -0.39 is 6.03 Å². The molecule has 1 heterocycles. The number of nitrogens with one attached hydrogen (secondary N) is 3. The van der Waals surface area contributed by atoms with Crippen molar-refractivity contribution in [3.8, 4) is 5.75 Å². The van der Waals surface area contributed by atoms with Crippen molar-refractivity contribution in [3.05, 3.63) is 65.4 Å². The van der Waals surface area contributed by atoms with Crippen molar-refractivity contribution in [2.75, 3.05) is 42.2 Å². The van der Waals surface area contributed by atoms with Gasteiger partial charge in [0.15, 0.2) is 0 Å². The van der Waals surface area contributed by atoms with Gasteiger partial charge in [-0.2, -0.15) is 0 Å². The van der Waals surface area contributed by atoms with E-state index in [4.69, 9.17) is 4.74 Å². The lowest BCUT2D eigenvalue weighted by molar-refractivity contribution is 0.249. The molecule has 0 aliphatic carbocycles. The fourth-order valence-electron chi connectivity index (χ4n) is 3.13. The van der Waals surface area contributed by atoms with Gasteiger partial charge in [-0.25, -0.2) is 14.8 Å². The second-order valence-electron chi connectivity index (χ2n) is 7.23. The smallest absolute Gasteiger partial charge is 0.324 e. The first-order chi connectivity index (χ1) is 16.1. The topological polar surface area (TPSA) is 91.4 Å². The normalized spacial score (nSPS) is 10.7. The van der Waals surface area contributed by atoms with E-state index >= 15 is 0 Å². The van der Waals surface area contributed by atoms with Gasteiger partial charge in [0.1, 0.15) is 23.7 Å². The number of carbonyl (C=O) groups excluding carboxylic acids is 1. The van der Waals surface area contributed by atoms with E-state index in [0.717, 1.165) is 42.0 Å². The predicted molar refractivity (Wildman–Crippen MR) is 136 cm³/mol. The van der Waals surface area contributed by atoms with Crippen LogP contribution in [0.5, 0.6) is 5.75 Å². The van der Waals surface area contributed by atoms with Gasteiger partial charge < -0.3 is 20.3 Å². The molecule has 8 nitrogen and oxygen atoms in total. The summed E-state index contributed by atoms with van der Waals surface area (Å²) in [5.74, 6) is 1.77. The highest BCUT2D eigenvalue weighted by atomic mass is 79.9. The zero-order valence-electron chi connectivity index (χ0n) is 18.8. The molecule has 2 aromatic carbocycles. The third kappa shape index (κ3) is 8.03. The number of carbonyl (C=O) groups is 1. The van der Waals surface area contributed by atoms with Crippen LogP contribution in [0.3, 0.4) is 0 Å². The molecule has 1 aromatic heterocycles. The third-order valence-corrected chi connectivity index (χ3v) is 5.63. The van der Waals surface area contributed by atoms with Gasteiger partial charge in [0.05, 0.1) is 12.3 Å². The average molecular weight is 513 g/mol. The molecule has 3 N–H and O–H groups in total. The Bertz CT molecular complexity index is 1030. The average Bonchev–Trinajstić information content (AvgIpc) is 2.82. The van der Waals surface area contributed by atoms with Gasteiger partial charge in [-0.05, 0) is 71.8 Å². The van der Waals surface area contributed by atoms with Crippen molar-refractivity contribution in [2.24, 2.45) is 0 Å². The molecule has 3 aromatic rings. The van der Waals surface area contributed by atoms with Crippen molar-refractivity contribution in [1.82, 2.24) is 14.9 Å². The van der Waals surface area contributed by atoms with Crippen LogP contribution in [0.15, 0.2) is 65.4 Å². The molecule has 3 rings (SSSR count). The molecule has 0 aliphatic heterocycles. The van der Waals surface area contributed by atoms with E-state index in [1.807, 2.05) is 42.5 Å². The lowest BCUT2D eigenvalue weighted by Crippen LogP contribution is -2.25. The number of hydrogen-bond donors (Lipinski definition) is 3. The molecular formula is C24H29BrN6O2. The standard InChI is InChI=1S/C24H29BrN6O2/c1-3-31(4-2)14-7-15-33-19-12-10-18(11-13-19)28-22-16-23(27-17-26-22)30-24(32)29-21-9-6-5-8-20(21)25/h5-6,8-13,16-17H,3-4,7,14-15H2,1-2H3,(H3,26,27,28,29,30,32). The summed E-state index contributed by atoms with van der Waals surface area (Å²) in [7, 11) is 0. The highest BCUT2D eigenvalue weighted by Gasteiger charge is 2.07. The summed E-state index contributed by atoms with van der Waals surface area (Å²) in [5.41, 5.74) is 1.52. The lowest BCUT2D eigenvalue weighted by atomic mass is 10.3. The molecule has 0 fully saturated rings. The van der Waals surface area contributed by atoms with E-state index in [9.17, 15) is 4.79 Å². The Kier molecular flexibility index (Phi) is 9.46. The molecule has 0 unspecified atom stereocenters. The third-order valence-electron chi connectivity index (χ3n) is 4.94. The second kappa shape index (κ2) is 12.8. The molecule has 0 atom stereocenters. The lowest BCUT2D eigenvalue weighted by Gasteiger charge is -2.17. The van der Waals surface area contributed by atoms with Crippen LogP contribution in [0.1, 0.15) is 20.3 Å². The fourth-order valence-corrected chi connectivity index (χ4v) is 3.51. The summed E-state index contributed by atoms with van der Waals surface area (Å²) in [6.07, 6.45) is 2.39.